The van der Waals surface area contributed by atoms with Crippen LogP contribution in [0.15, 0.2) is 12.1 Å². The third kappa shape index (κ3) is 2.55. The zero-order chi connectivity index (χ0) is 16.9. The number of rotatable bonds is 3. The second-order valence-electron chi connectivity index (χ2n) is 5.96. The highest BCUT2D eigenvalue weighted by Gasteiger charge is 2.53. The molecular weight excluding hydrogens is 298 g/mol. The van der Waals surface area contributed by atoms with Crippen molar-refractivity contribution < 1.29 is 23.5 Å². The van der Waals surface area contributed by atoms with E-state index in [-0.39, 0.29) is 5.46 Å². The molecule has 10 heteroatoms. The Morgan fingerprint density at radius 3 is 1.86 bits per heavy atom. The maximum Gasteiger partial charge on any atom is 0.502 e. The predicted octanol–water partition coefficient (Wildman–Crippen LogP) is 1.94. The molecule has 1 aromatic carbocycles. The van der Waals surface area contributed by atoms with Gasteiger partial charge < -0.3 is 9.31 Å². The molecule has 2 rings (SSSR count). The minimum atomic E-state index is -1.18. The molecule has 1 aromatic rings. The van der Waals surface area contributed by atoms with Crippen LogP contribution in [0, 0.1) is 26.0 Å². The van der Waals surface area contributed by atoms with Gasteiger partial charge in [0.25, 0.3) is 5.69 Å². The SMILES string of the molecule is CC1(C)OB(c2cc(F)c([N+](=O)[O-])cc2[N+](=O)[O-])OC1(C)C. The van der Waals surface area contributed by atoms with Crippen LogP contribution in [0.3, 0.4) is 0 Å². The molecule has 0 atom stereocenters. The highest BCUT2D eigenvalue weighted by atomic mass is 19.1. The van der Waals surface area contributed by atoms with E-state index in [9.17, 15) is 24.6 Å². The molecular formula is C12H14BFN2O6. The zero-order valence-electron chi connectivity index (χ0n) is 12.5. The molecule has 0 N–H and O–H groups in total. The second kappa shape index (κ2) is 4.99. The van der Waals surface area contributed by atoms with Crippen molar-refractivity contribution in [2.24, 2.45) is 0 Å². The van der Waals surface area contributed by atoms with Crippen LogP contribution in [-0.4, -0.2) is 28.2 Å². The molecule has 1 aliphatic heterocycles. The van der Waals surface area contributed by atoms with Crippen LogP contribution < -0.4 is 5.46 Å². The van der Waals surface area contributed by atoms with Crippen molar-refractivity contribution in [2.75, 3.05) is 0 Å². The number of halogens is 1. The molecule has 0 amide bonds. The molecule has 0 bridgehead atoms. The van der Waals surface area contributed by atoms with Crippen LogP contribution in [0.25, 0.3) is 0 Å². The monoisotopic (exact) mass is 312 g/mol. The number of nitrogens with zero attached hydrogens (tertiary/aromatic N) is 2. The lowest BCUT2D eigenvalue weighted by Crippen LogP contribution is -2.41. The summed E-state index contributed by atoms with van der Waals surface area (Å²) in [4.78, 5) is 20.0. The van der Waals surface area contributed by atoms with Crippen LogP contribution in [0.5, 0.6) is 0 Å². The molecule has 0 aromatic heterocycles. The lowest BCUT2D eigenvalue weighted by atomic mass is 9.77. The Bertz CT molecular complexity index is 647. The summed E-state index contributed by atoms with van der Waals surface area (Å²) in [6, 6.07) is 1.30. The fraction of sp³-hybridized carbons (Fsp3) is 0.500. The molecule has 1 saturated heterocycles. The van der Waals surface area contributed by atoms with Crippen molar-refractivity contribution in [2.45, 2.75) is 38.9 Å². The van der Waals surface area contributed by atoms with Gasteiger partial charge in [0.15, 0.2) is 0 Å². The number of hydrogen-bond donors (Lipinski definition) is 0. The van der Waals surface area contributed by atoms with Crippen molar-refractivity contribution >= 4 is 24.0 Å². The van der Waals surface area contributed by atoms with E-state index in [1.165, 1.54) is 0 Å². The summed E-state index contributed by atoms with van der Waals surface area (Å²) < 4.78 is 25.1. The van der Waals surface area contributed by atoms with Crippen molar-refractivity contribution in [3.8, 4) is 0 Å². The van der Waals surface area contributed by atoms with Crippen molar-refractivity contribution in [1.82, 2.24) is 0 Å². The van der Waals surface area contributed by atoms with Gasteiger partial charge in [-0.05, 0) is 33.8 Å². The minimum Gasteiger partial charge on any atom is -0.399 e. The smallest absolute Gasteiger partial charge is 0.399 e. The van der Waals surface area contributed by atoms with Gasteiger partial charge in [-0.25, -0.2) is 0 Å². The maximum atomic E-state index is 13.8. The number of nitro benzene ring substituents is 2. The van der Waals surface area contributed by atoms with Crippen LogP contribution in [0.4, 0.5) is 15.8 Å². The third-order valence-corrected chi connectivity index (χ3v) is 4.00. The van der Waals surface area contributed by atoms with Gasteiger partial charge in [-0.1, -0.05) is 0 Å². The van der Waals surface area contributed by atoms with Crippen LogP contribution in [0.2, 0.25) is 0 Å². The highest BCUT2D eigenvalue weighted by molar-refractivity contribution is 6.63. The van der Waals surface area contributed by atoms with Gasteiger partial charge in [0.05, 0.1) is 32.6 Å². The summed E-state index contributed by atoms with van der Waals surface area (Å²) in [5.41, 5.74) is -3.32. The van der Waals surface area contributed by atoms with E-state index < -0.39 is 45.4 Å². The van der Waals surface area contributed by atoms with E-state index in [2.05, 4.69) is 0 Å². The number of nitro groups is 2. The summed E-state index contributed by atoms with van der Waals surface area (Å²) >= 11 is 0. The molecule has 1 fully saturated rings. The normalized spacial score (nSPS) is 19.2. The van der Waals surface area contributed by atoms with E-state index in [1.807, 2.05) is 0 Å². The Morgan fingerprint density at radius 1 is 1.00 bits per heavy atom. The van der Waals surface area contributed by atoms with Gasteiger partial charge in [0, 0.05) is 0 Å². The molecule has 22 heavy (non-hydrogen) atoms. The quantitative estimate of drug-likeness (QED) is 0.480. The Kier molecular flexibility index (Phi) is 3.70. The first-order valence-corrected chi connectivity index (χ1v) is 6.44. The zero-order valence-corrected chi connectivity index (χ0v) is 12.5. The molecule has 1 aliphatic rings. The summed E-state index contributed by atoms with van der Waals surface area (Å²) in [7, 11) is -1.18. The van der Waals surface area contributed by atoms with E-state index >= 15 is 0 Å². The van der Waals surface area contributed by atoms with E-state index in [0.29, 0.717) is 6.07 Å². The fourth-order valence-electron chi connectivity index (χ4n) is 2.02. The lowest BCUT2D eigenvalue weighted by molar-refractivity contribution is -0.395. The van der Waals surface area contributed by atoms with Gasteiger partial charge >= 0.3 is 12.8 Å². The van der Waals surface area contributed by atoms with Crippen LogP contribution in [-0.2, 0) is 9.31 Å². The Morgan fingerprint density at radius 2 is 1.45 bits per heavy atom. The molecule has 0 unspecified atom stereocenters. The highest BCUT2D eigenvalue weighted by Crippen LogP contribution is 2.37. The van der Waals surface area contributed by atoms with Crippen LogP contribution in [0.1, 0.15) is 27.7 Å². The topological polar surface area (TPSA) is 105 Å². The van der Waals surface area contributed by atoms with Crippen LogP contribution >= 0.6 is 0 Å². The average Bonchev–Trinajstić information content (AvgIpc) is 2.57. The minimum absolute atomic E-state index is 0.188. The first-order valence-electron chi connectivity index (χ1n) is 6.44. The predicted molar refractivity (Wildman–Crippen MR) is 75.4 cm³/mol. The first kappa shape index (κ1) is 16.3. The van der Waals surface area contributed by atoms with E-state index in [0.717, 1.165) is 6.07 Å². The maximum absolute atomic E-state index is 13.8. The average molecular weight is 312 g/mol. The number of benzene rings is 1. The largest absolute Gasteiger partial charge is 0.502 e. The molecule has 1 heterocycles. The van der Waals surface area contributed by atoms with Gasteiger partial charge in [0.2, 0.25) is 5.82 Å². The number of hydrogen-bond acceptors (Lipinski definition) is 6. The fourth-order valence-corrected chi connectivity index (χ4v) is 2.02. The third-order valence-electron chi connectivity index (χ3n) is 4.00. The lowest BCUT2D eigenvalue weighted by Gasteiger charge is -2.32. The summed E-state index contributed by atoms with van der Waals surface area (Å²) in [6.45, 7) is 6.95. The van der Waals surface area contributed by atoms with E-state index in [4.69, 9.17) is 9.31 Å². The second-order valence-corrected chi connectivity index (χ2v) is 5.96. The molecule has 0 aliphatic carbocycles. The molecule has 0 spiro atoms. The van der Waals surface area contributed by atoms with Gasteiger partial charge in [-0.3, -0.25) is 20.2 Å². The van der Waals surface area contributed by atoms with Crippen molar-refractivity contribution in [1.29, 1.82) is 0 Å². The summed E-state index contributed by atoms with van der Waals surface area (Å²) in [5.74, 6) is -1.18. The van der Waals surface area contributed by atoms with E-state index in [1.54, 1.807) is 27.7 Å². The Hall–Kier alpha value is -2.07. The molecule has 0 radical (unpaired) electrons. The first-order chi connectivity index (χ1) is 9.96. The van der Waals surface area contributed by atoms with Crippen molar-refractivity contribution in [3.63, 3.8) is 0 Å². The van der Waals surface area contributed by atoms with Gasteiger partial charge in [0.1, 0.15) is 0 Å². The Labute approximate surface area is 125 Å². The van der Waals surface area contributed by atoms with Crippen molar-refractivity contribution in [3.05, 3.63) is 38.2 Å². The Balaban J connectivity index is 2.55. The summed E-state index contributed by atoms with van der Waals surface area (Å²) in [6.07, 6.45) is 0. The molecule has 118 valence electrons. The standard InChI is InChI=1S/C12H14BFN2O6/c1-11(2)12(3,4)22-13(21-11)7-5-8(14)10(16(19)20)6-9(7)15(17)18/h5-6H,1-4H3. The molecule has 8 nitrogen and oxygen atoms in total. The van der Waals surface area contributed by atoms with Gasteiger partial charge in [-0.2, -0.15) is 4.39 Å². The van der Waals surface area contributed by atoms with Gasteiger partial charge in [-0.15, -0.1) is 0 Å². The summed E-state index contributed by atoms with van der Waals surface area (Å²) in [5, 5.41) is 21.9. The molecule has 0 saturated carbocycles.